The Bertz CT molecular complexity index is 588. The summed E-state index contributed by atoms with van der Waals surface area (Å²) in [6.07, 6.45) is 1.24. The van der Waals surface area contributed by atoms with E-state index >= 15 is 0 Å². The van der Waals surface area contributed by atoms with Crippen LogP contribution in [0.2, 0.25) is 0 Å². The molecule has 0 aliphatic rings. The number of ketones is 1. The van der Waals surface area contributed by atoms with E-state index in [0.29, 0.717) is 11.3 Å². The third-order valence-electron chi connectivity index (χ3n) is 2.30. The summed E-state index contributed by atoms with van der Waals surface area (Å²) in [6.45, 7) is 4.76. The van der Waals surface area contributed by atoms with Crippen molar-refractivity contribution >= 4 is 27.2 Å². The van der Waals surface area contributed by atoms with Gasteiger partial charge in [-0.05, 0) is 31.2 Å². The lowest BCUT2D eigenvalue weighted by Crippen LogP contribution is -2.24. The number of carbonyl (C=O) groups is 2. The highest BCUT2D eigenvalue weighted by Crippen LogP contribution is 2.10. The number of amides is 1. The maximum Gasteiger partial charge on any atom is 0.239 e. The van der Waals surface area contributed by atoms with Crippen LogP contribution in [0, 0.1) is 0 Å². The molecule has 6 heteroatoms. The molecule has 19 heavy (non-hydrogen) atoms. The molecule has 0 saturated heterocycles. The number of anilines is 1. The first-order valence-corrected chi connectivity index (χ1v) is 7.38. The largest absolute Gasteiger partial charge is 0.325 e. The van der Waals surface area contributed by atoms with Gasteiger partial charge in [0.25, 0.3) is 0 Å². The van der Waals surface area contributed by atoms with Crippen LogP contribution in [-0.2, 0) is 14.6 Å². The second-order valence-corrected chi connectivity index (χ2v) is 6.13. The van der Waals surface area contributed by atoms with Crippen LogP contribution < -0.4 is 5.32 Å². The fourth-order valence-electron chi connectivity index (χ4n) is 1.42. The highest BCUT2D eigenvalue weighted by atomic mass is 32.2. The molecule has 1 N–H and O–H groups in total. The SMILES string of the molecule is C=CCS(=O)(=O)CC(=O)Nc1ccc(C(C)=O)cc1. The van der Waals surface area contributed by atoms with Gasteiger partial charge in [-0.25, -0.2) is 8.42 Å². The van der Waals surface area contributed by atoms with Gasteiger partial charge in [0.05, 0.1) is 5.75 Å². The van der Waals surface area contributed by atoms with Gasteiger partial charge in [0.2, 0.25) is 5.91 Å². The Balaban J connectivity index is 2.67. The molecule has 0 spiro atoms. The molecule has 5 nitrogen and oxygen atoms in total. The van der Waals surface area contributed by atoms with Crippen molar-refractivity contribution in [2.24, 2.45) is 0 Å². The highest BCUT2D eigenvalue weighted by Gasteiger charge is 2.15. The molecule has 0 unspecified atom stereocenters. The minimum Gasteiger partial charge on any atom is -0.325 e. The number of carbonyl (C=O) groups excluding carboxylic acids is 2. The summed E-state index contributed by atoms with van der Waals surface area (Å²) in [5, 5.41) is 2.46. The molecule has 1 amide bonds. The number of benzene rings is 1. The van der Waals surface area contributed by atoms with E-state index in [9.17, 15) is 18.0 Å². The number of rotatable bonds is 6. The summed E-state index contributed by atoms with van der Waals surface area (Å²) in [4.78, 5) is 22.6. The zero-order valence-corrected chi connectivity index (χ0v) is 11.4. The van der Waals surface area contributed by atoms with Crippen molar-refractivity contribution in [3.8, 4) is 0 Å². The maximum absolute atomic E-state index is 11.5. The number of hydrogen-bond acceptors (Lipinski definition) is 4. The first-order valence-electron chi connectivity index (χ1n) is 5.56. The molecule has 102 valence electrons. The zero-order valence-electron chi connectivity index (χ0n) is 10.5. The highest BCUT2D eigenvalue weighted by molar-refractivity contribution is 7.92. The Morgan fingerprint density at radius 1 is 1.26 bits per heavy atom. The second kappa shape index (κ2) is 6.29. The van der Waals surface area contributed by atoms with Crippen molar-refractivity contribution in [3.63, 3.8) is 0 Å². The van der Waals surface area contributed by atoms with E-state index in [2.05, 4.69) is 11.9 Å². The van der Waals surface area contributed by atoms with Gasteiger partial charge < -0.3 is 5.32 Å². The minimum absolute atomic E-state index is 0.0774. The quantitative estimate of drug-likeness (QED) is 0.632. The van der Waals surface area contributed by atoms with Crippen LogP contribution in [0.1, 0.15) is 17.3 Å². The van der Waals surface area contributed by atoms with Gasteiger partial charge in [-0.15, -0.1) is 6.58 Å². The van der Waals surface area contributed by atoms with Crippen molar-refractivity contribution in [1.29, 1.82) is 0 Å². The van der Waals surface area contributed by atoms with E-state index in [1.165, 1.54) is 13.0 Å². The monoisotopic (exact) mass is 281 g/mol. The number of nitrogens with one attached hydrogen (secondary N) is 1. The van der Waals surface area contributed by atoms with Crippen LogP contribution in [0.15, 0.2) is 36.9 Å². The van der Waals surface area contributed by atoms with E-state index in [1.54, 1.807) is 24.3 Å². The van der Waals surface area contributed by atoms with Crippen molar-refractivity contribution in [3.05, 3.63) is 42.5 Å². The minimum atomic E-state index is -3.46. The average Bonchev–Trinajstić information content (AvgIpc) is 2.28. The molecule has 0 fully saturated rings. The summed E-state index contributed by atoms with van der Waals surface area (Å²) in [5.74, 6) is -1.51. The summed E-state index contributed by atoms with van der Waals surface area (Å²) in [6, 6.07) is 6.23. The normalized spacial score (nSPS) is 10.8. The lowest BCUT2D eigenvalue weighted by molar-refractivity contribution is -0.113. The molecule has 0 aliphatic carbocycles. The summed E-state index contributed by atoms with van der Waals surface area (Å²) in [5.41, 5.74) is 0.973. The molecule has 0 radical (unpaired) electrons. The van der Waals surface area contributed by atoms with Crippen molar-refractivity contribution in [2.75, 3.05) is 16.8 Å². The van der Waals surface area contributed by atoms with Gasteiger partial charge in [-0.2, -0.15) is 0 Å². The number of hydrogen-bond donors (Lipinski definition) is 1. The molecular formula is C13H15NO4S. The fraction of sp³-hybridized carbons (Fsp3) is 0.231. The van der Waals surface area contributed by atoms with Gasteiger partial charge in [-0.3, -0.25) is 9.59 Å². The molecule has 1 aromatic carbocycles. The van der Waals surface area contributed by atoms with Gasteiger partial charge in [0.15, 0.2) is 15.6 Å². The predicted octanol–water partition coefficient (Wildman–Crippen LogP) is 1.43. The van der Waals surface area contributed by atoms with Crippen LogP contribution in [-0.4, -0.2) is 31.6 Å². The molecule has 0 heterocycles. The molecule has 0 bridgehead atoms. The lowest BCUT2D eigenvalue weighted by Gasteiger charge is -2.05. The topological polar surface area (TPSA) is 80.3 Å². The van der Waals surface area contributed by atoms with Crippen LogP contribution in [0.5, 0.6) is 0 Å². The Labute approximate surface area is 112 Å². The molecule has 1 rings (SSSR count). The lowest BCUT2D eigenvalue weighted by atomic mass is 10.1. The number of sulfone groups is 1. The van der Waals surface area contributed by atoms with Crippen LogP contribution >= 0.6 is 0 Å². The molecular weight excluding hydrogens is 266 g/mol. The Hall–Kier alpha value is -1.95. The first-order chi connectivity index (χ1) is 8.84. The molecule has 1 aromatic rings. The van der Waals surface area contributed by atoms with Gasteiger partial charge in [0, 0.05) is 11.3 Å². The first kappa shape index (κ1) is 15.1. The van der Waals surface area contributed by atoms with E-state index < -0.39 is 21.5 Å². The van der Waals surface area contributed by atoms with Crippen LogP contribution in [0.4, 0.5) is 5.69 Å². The molecule has 0 atom stereocenters. The van der Waals surface area contributed by atoms with Gasteiger partial charge >= 0.3 is 0 Å². The van der Waals surface area contributed by atoms with E-state index in [1.807, 2.05) is 0 Å². The Morgan fingerprint density at radius 3 is 2.32 bits per heavy atom. The fourth-order valence-corrected chi connectivity index (χ4v) is 2.37. The van der Waals surface area contributed by atoms with E-state index in [4.69, 9.17) is 0 Å². The van der Waals surface area contributed by atoms with Crippen molar-refractivity contribution in [1.82, 2.24) is 0 Å². The molecule has 0 aliphatic heterocycles. The van der Waals surface area contributed by atoms with Gasteiger partial charge in [-0.1, -0.05) is 6.08 Å². The smallest absolute Gasteiger partial charge is 0.239 e. The van der Waals surface area contributed by atoms with Crippen molar-refractivity contribution in [2.45, 2.75) is 6.92 Å². The Kier molecular flexibility index (Phi) is 5.00. The van der Waals surface area contributed by atoms with Gasteiger partial charge in [0.1, 0.15) is 5.75 Å². The zero-order chi connectivity index (χ0) is 14.5. The summed E-state index contributed by atoms with van der Waals surface area (Å²) < 4.78 is 22.8. The van der Waals surface area contributed by atoms with E-state index in [0.717, 1.165) is 0 Å². The van der Waals surface area contributed by atoms with Crippen molar-refractivity contribution < 1.29 is 18.0 Å². The summed E-state index contributed by atoms with van der Waals surface area (Å²) in [7, 11) is -3.46. The number of Topliss-reactive ketones (excluding diaryl/α,β-unsaturated/α-hetero) is 1. The standard InChI is InChI=1S/C13H15NO4S/c1-3-8-19(17,18)9-13(16)14-12-6-4-11(5-7-12)10(2)15/h3-7H,1,8-9H2,2H3,(H,14,16). The predicted molar refractivity (Wildman–Crippen MR) is 73.9 cm³/mol. The molecule has 0 saturated carbocycles. The third-order valence-corrected chi connectivity index (χ3v) is 3.74. The van der Waals surface area contributed by atoms with Crippen LogP contribution in [0.3, 0.4) is 0 Å². The Morgan fingerprint density at radius 2 is 1.84 bits per heavy atom. The second-order valence-electron chi connectivity index (χ2n) is 4.02. The van der Waals surface area contributed by atoms with Crippen LogP contribution in [0.25, 0.3) is 0 Å². The van der Waals surface area contributed by atoms with E-state index in [-0.39, 0.29) is 11.5 Å². The average molecular weight is 281 g/mol. The summed E-state index contributed by atoms with van der Waals surface area (Å²) >= 11 is 0. The third kappa shape index (κ3) is 5.05. The maximum atomic E-state index is 11.5. The molecule has 0 aromatic heterocycles.